The van der Waals surface area contributed by atoms with E-state index in [1.54, 1.807) is 13.0 Å². The van der Waals surface area contributed by atoms with Crippen molar-refractivity contribution in [2.24, 2.45) is 5.11 Å². The van der Waals surface area contributed by atoms with Crippen LogP contribution in [0.4, 0.5) is 0 Å². The van der Waals surface area contributed by atoms with Gasteiger partial charge in [-0.1, -0.05) is 19.0 Å². The Morgan fingerprint density at radius 3 is 2.71 bits per heavy atom. The zero-order valence-corrected chi connectivity index (χ0v) is 12.7. The number of rotatable bonds is 7. The second-order valence-corrected chi connectivity index (χ2v) is 4.92. The summed E-state index contributed by atoms with van der Waals surface area (Å²) in [6.45, 7) is 5.97. The lowest BCUT2D eigenvalue weighted by Crippen LogP contribution is -2.42. The molecule has 1 aliphatic carbocycles. The van der Waals surface area contributed by atoms with E-state index >= 15 is 0 Å². The molecule has 0 saturated carbocycles. The highest BCUT2D eigenvalue weighted by atomic mass is 16.5. The first-order valence-electron chi connectivity index (χ1n) is 7.32. The number of carbonyl (C=O) groups is 1. The van der Waals surface area contributed by atoms with Crippen LogP contribution in [0, 0.1) is 0 Å². The molecule has 1 rings (SSSR count). The molecular formula is C14H23N3O4. The van der Waals surface area contributed by atoms with Crippen LogP contribution in [0.15, 0.2) is 16.8 Å². The molecule has 118 valence electrons. The van der Waals surface area contributed by atoms with E-state index in [-0.39, 0.29) is 19.1 Å². The highest BCUT2D eigenvalue weighted by molar-refractivity contribution is 5.88. The lowest BCUT2D eigenvalue weighted by Gasteiger charge is -2.33. The second-order valence-electron chi connectivity index (χ2n) is 4.92. The molecule has 0 radical (unpaired) electrons. The molecule has 0 saturated heterocycles. The number of aliphatic hydroxyl groups is 1. The Hall–Kier alpha value is -1.56. The van der Waals surface area contributed by atoms with Crippen LogP contribution >= 0.6 is 0 Å². The minimum absolute atomic E-state index is 0.0172. The summed E-state index contributed by atoms with van der Waals surface area (Å²) in [6.07, 6.45) is 1.73. The monoisotopic (exact) mass is 297 g/mol. The largest absolute Gasteiger partial charge is 0.463 e. The molecule has 1 N–H and O–H groups in total. The minimum Gasteiger partial charge on any atom is -0.463 e. The van der Waals surface area contributed by atoms with Crippen LogP contribution in [0.2, 0.25) is 0 Å². The Morgan fingerprint density at radius 2 is 2.19 bits per heavy atom. The van der Waals surface area contributed by atoms with Crippen LogP contribution in [0.5, 0.6) is 0 Å². The molecule has 0 aromatic heterocycles. The Bertz CT molecular complexity index is 428. The van der Waals surface area contributed by atoms with E-state index in [0.717, 1.165) is 12.8 Å². The first kappa shape index (κ1) is 17.5. The van der Waals surface area contributed by atoms with Crippen LogP contribution in [0.25, 0.3) is 10.4 Å². The van der Waals surface area contributed by atoms with Gasteiger partial charge in [0, 0.05) is 16.9 Å². The first-order valence-corrected chi connectivity index (χ1v) is 7.32. The van der Waals surface area contributed by atoms with Gasteiger partial charge >= 0.3 is 5.97 Å². The average Bonchev–Trinajstić information content (AvgIpc) is 2.47. The van der Waals surface area contributed by atoms with Crippen molar-refractivity contribution in [3.8, 4) is 0 Å². The van der Waals surface area contributed by atoms with Crippen molar-refractivity contribution >= 4 is 5.97 Å². The van der Waals surface area contributed by atoms with Gasteiger partial charge in [-0.2, -0.15) is 0 Å². The summed E-state index contributed by atoms with van der Waals surface area (Å²) >= 11 is 0. The predicted molar refractivity (Wildman–Crippen MR) is 77.5 cm³/mol. The Labute approximate surface area is 124 Å². The number of carbonyl (C=O) groups excluding carboxylic acids is 1. The smallest absolute Gasteiger partial charge is 0.333 e. The van der Waals surface area contributed by atoms with Crippen LogP contribution < -0.4 is 0 Å². The van der Waals surface area contributed by atoms with Crippen molar-refractivity contribution in [1.82, 2.24) is 0 Å². The third-order valence-electron chi connectivity index (χ3n) is 3.51. The zero-order valence-electron chi connectivity index (χ0n) is 12.7. The quantitative estimate of drug-likeness (QED) is 0.337. The van der Waals surface area contributed by atoms with Gasteiger partial charge in [0.1, 0.15) is 0 Å². The summed E-state index contributed by atoms with van der Waals surface area (Å²) in [5.74, 6) is -0.464. The molecule has 7 heteroatoms. The standard InChI is InChI=1S/C14H23N3O4/c1-4-10(5-2)21-12-8-9(14(19)20-6-3)7-11(18)13(12)16-17-15/h8,10-13,18H,4-7H2,1-3H3. The third-order valence-corrected chi connectivity index (χ3v) is 3.51. The van der Waals surface area contributed by atoms with Gasteiger partial charge in [0.2, 0.25) is 0 Å². The number of ether oxygens (including phenoxy) is 2. The molecule has 0 amide bonds. The van der Waals surface area contributed by atoms with Gasteiger partial charge in [-0.25, -0.2) is 4.79 Å². The molecule has 0 aromatic rings. The van der Waals surface area contributed by atoms with E-state index in [1.807, 2.05) is 13.8 Å². The molecule has 21 heavy (non-hydrogen) atoms. The maximum atomic E-state index is 11.8. The van der Waals surface area contributed by atoms with E-state index in [4.69, 9.17) is 15.0 Å². The number of azide groups is 1. The van der Waals surface area contributed by atoms with Crippen molar-refractivity contribution in [1.29, 1.82) is 0 Å². The first-order chi connectivity index (χ1) is 10.1. The van der Waals surface area contributed by atoms with Gasteiger partial charge in [0.15, 0.2) is 0 Å². The van der Waals surface area contributed by atoms with E-state index in [2.05, 4.69) is 10.0 Å². The summed E-state index contributed by atoms with van der Waals surface area (Å²) < 4.78 is 10.8. The van der Waals surface area contributed by atoms with Crippen LogP contribution in [-0.4, -0.2) is 42.0 Å². The van der Waals surface area contributed by atoms with Gasteiger partial charge in [-0.05, 0) is 31.4 Å². The van der Waals surface area contributed by atoms with Crippen LogP contribution in [0.3, 0.4) is 0 Å². The number of hydrogen-bond acceptors (Lipinski definition) is 5. The lowest BCUT2D eigenvalue weighted by molar-refractivity contribution is -0.139. The zero-order chi connectivity index (χ0) is 15.8. The highest BCUT2D eigenvalue weighted by Gasteiger charge is 2.35. The highest BCUT2D eigenvalue weighted by Crippen LogP contribution is 2.27. The number of hydrogen-bond donors (Lipinski definition) is 1. The van der Waals surface area contributed by atoms with Crippen molar-refractivity contribution in [3.05, 3.63) is 22.1 Å². The molecular weight excluding hydrogens is 274 g/mol. The normalized spacial score (nSPS) is 25.2. The van der Waals surface area contributed by atoms with Gasteiger partial charge in [-0.15, -0.1) is 0 Å². The Balaban J connectivity index is 2.99. The summed E-state index contributed by atoms with van der Waals surface area (Å²) in [4.78, 5) is 14.6. The van der Waals surface area contributed by atoms with Gasteiger partial charge < -0.3 is 14.6 Å². The fourth-order valence-corrected chi connectivity index (χ4v) is 2.33. The van der Waals surface area contributed by atoms with E-state index < -0.39 is 24.2 Å². The number of nitrogens with zero attached hydrogens (tertiary/aromatic N) is 3. The summed E-state index contributed by atoms with van der Waals surface area (Å²) in [5, 5.41) is 13.7. The maximum absolute atomic E-state index is 11.8. The fourth-order valence-electron chi connectivity index (χ4n) is 2.33. The molecule has 0 aromatic carbocycles. The second kappa shape index (κ2) is 8.67. The molecule has 3 atom stereocenters. The van der Waals surface area contributed by atoms with Crippen molar-refractivity contribution in [3.63, 3.8) is 0 Å². The SMILES string of the molecule is CCOC(=O)C1=CC(OC(CC)CC)C(N=[N+]=[N-])C(O)C1. The van der Waals surface area contributed by atoms with E-state index in [9.17, 15) is 9.90 Å². The molecule has 0 heterocycles. The lowest BCUT2D eigenvalue weighted by atomic mass is 9.90. The maximum Gasteiger partial charge on any atom is 0.333 e. The fraction of sp³-hybridized carbons (Fsp3) is 0.786. The number of aliphatic hydroxyl groups excluding tert-OH is 1. The summed E-state index contributed by atoms with van der Waals surface area (Å²) in [7, 11) is 0. The number of esters is 1. The molecule has 7 nitrogen and oxygen atoms in total. The topological polar surface area (TPSA) is 105 Å². The van der Waals surface area contributed by atoms with Gasteiger partial charge in [0.05, 0.1) is 31.0 Å². The molecule has 0 fully saturated rings. The molecule has 0 spiro atoms. The third kappa shape index (κ3) is 4.74. The van der Waals surface area contributed by atoms with Crippen LogP contribution in [-0.2, 0) is 14.3 Å². The molecule has 3 unspecified atom stereocenters. The predicted octanol–water partition coefficient (Wildman–Crippen LogP) is 2.49. The Morgan fingerprint density at radius 1 is 1.52 bits per heavy atom. The van der Waals surface area contributed by atoms with Gasteiger partial charge in [-0.3, -0.25) is 0 Å². The minimum atomic E-state index is -0.954. The van der Waals surface area contributed by atoms with Crippen LogP contribution in [0.1, 0.15) is 40.0 Å². The van der Waals surface area contributed by atoms with Crippen molar-refractivity contribution < 1.29 is 19.4 Å². The molecule has 0 aliphatic heterocycles. The van der Waals surface area contributed by atoms with Gasteiger partial charge in [0.25, 0.3) is 0 Å². The van der Waals surface area contributed by atoms with E-state index in [1.165, 1.54) is 0 Å². The molecule has 0 bridgehead atoms. The van der Waals surface area contributed by atoms with Crippen molar-refractivity contribution in [2.45, 2.75) is 64.4 Å². The Kier molecular flexibility index (Phi) is 7.22. The van der Waals surface area contributed by atoms with E-state index in [0.29, 0.717) is 5.57 Å². The molecule has 1 aliphatic rings. The summed E-state index contributed by atoms with van der Waals surface area (Å²) in [5.41, 5.74) is 9.01. The average molecular weight is 297 g/mol. The summed E-state index contributed by atoms with van der Waals surface area (Å²) in [6, 6.07) is -0.728. The van der Waals surface area contributed by atoms with Crippen molar-refractivity contribution in [2.75, 3.05) is 6.61 Å².